The van der Waals surface area contributed by atoms with E-state index in [9.17, 15) is 9.90 Å². The fourth-order valence-corrected chi connectivity index (χ4v) is 3.46. The molecule has 0 radical (unpaired) electrons. The fourth-order valence-electron chi connectivity index (χ4n) is 2.17. The van der Waals surface area contributed by atoms with Crippen LogP contribution in [0.1, 0.15) is 5.56 Å². The number of amides is 1. The van der Waals surface area contributed by atoms with E-state index in [1.807, 2.05) is 0 Å². The Morgan fingerprint density at radius 2 is 1.87 bits per heavy atom. The lowest BCUT2D eigenvalue weighted by molar-refractivity contribution is -0.113. The molecule has 0 atom stereocenters. The van der Waals surface area contributed by atoms with Gasteiger partial charge in [0.25, 0.3) is 5.91 Å². The van der Waals surface area contributed by atoms with Crippen molar-refractivity contribution in [3.63, 3.8) is 0 Å². The van der Waals surface area contributed by atoms with Gasteiger partial charge in [-0.1, -0.05) is 42.2 Å². The molecule has 2 aromatic carbocycles. The van der Waals surface area contributed by atoms with Gasteiger partial charge in [0.2, 0.25) is 0 Å². The number of methoxy groups -OCH3 is 1. The van der Waals surface area contributed by atoms with Crippen molar-refractivity contribution in [2.75, 3.05) is 12.0 Å². The van der Waals surface area contributed by atoms with Crippen molar-refractivity contribution in [3.05, 3.63) is 59.0 Å². The highest BCUT2D eigenvalue weighted by Gasteiger charge is 2.33. The summed E-state index contributed by atoms with van der Waals surface area (Å²) in [6, 6.07) is 14.0. The van der Waals surface area contributed by atoms with Gasteiger partial charge in [0.1, 0.15) is 11.5 Å². The molecular formula is C17H13NO3S2. The normalized spacial score (nSPS) is 16.2. The molecule has 6 heteroatoms. The van der Waals surface area contributed by atoms with Crippen LogP contribution in [0.15, 0.2) is 53.4 Å². The average Bonchev–Trinajstić information content (AvgIpc) is 2.84. The molecule has 1 fully saturated rings. The van der Waals surface area contributed by atoms with Gasteiger partial charge in [0.05, 0.1) is 17.7 Å². The molecule has 1 aliphatic rings. The maximum absolute atomic E-state index is 12.6. The Morgan fingerprint density at radius 1 is 1.17 bits per heavy atom. The van der Waals surface area contributed by atoms with Crippen molar-refractivity contribution >= 4 is 46.0 Å². The molecule has 2 aromatic rings. The highest BCUT2D eigenvalue weighted by Crippen LogP contribution is 2.37. The van der Waals surface area contributed by atoms with Gasteiger partial charge in [-0.2, -0.15) is 0 Å². The highest BCUT2D eigenvalue weighted by molar-refractivity contribution is 8.27. The zero-order chi connectivity index (χ0) is 16.4. The number of rotatable bonds is 3. The number of thioether (sulfide) groups is 1. The Hall–Kier alpha value is -2.31. The first-order chi connectivity index (χ1) is 11.1. The molecule has 0 aliphatic carbocycles. The minimum absolute atomic E-state index is 0.127. The first kappa shape index (κ1) is 15.6. The molecule has 1 aliphatic heterocycles. The van der Waals surface area contributed by atoms with Crippen LogP contribution in [0.5, 0.6) is 11.5 Å². The van der Waals surface area contributed by atoms with Crippen LogP contribution in [0.25, 0.3) is 6.08 Å². The van der Waals surface area contributed by atoms with Crippen molar-refractivity contribution in [2.24, 2.45) is 0 Å². The number of carbonyl (C=O) groups excluding carboxylic acids is 1. The third-order valence-corrected chi connectivity index (χ3v) is 4.65. The first-order valence-electron chi connectivity index (χ1n) is 6.80. The molecule has 23 heavy (non-hydrogen) atoms. The molecule has 1 saturated heterocycles. The van der Waals surface area contributed by atoms with Crippen molar-refractivity contribution < 1.29 is 14.6 Å². The second-order valence-electron chi connectivity index (χ2n) is 4.77. The number of phenols is 1. The van der Waals surface area contributed by atoms with Crippen LogP contribution in [0, 0.1) is 0 Å². The van der Waals surface area contributed by atoms with Crippen LogP contribution in [-0.2, 0) is 4.79 Å². The molecule has 1 amide bonds. The summed E-state index contributed by atoms with van der Waals surface area (Å²) in [5.74, 6) is 0.638. The van der Waals surface area contributed by atoms with Gasteiger partial charge in [0.15, 0.2) is 4.32 Å². The molecule has 0 bridgehead atoms. The Balaban J connectivity index is 1.92. The molecular weight excluding hydrogens is 330 g/mol. The van der Waals surface area contributed by atoms with Crippen LogP contribution in [0.4, 0.5) is 5.69 Å². The van der Waals surface area contributed by atoms with Gasteiger partial charge in [0, 0.05) is 5.56 Å². The second-order valence-corrected chi connectivity index (χ2v) is 6.45. The van der Waals surface area contributed by atoms with Crippen LogP contribution >= 0.6 is 24.0 Å². The number of benzene rings is 2. The van der Waals surface area contributed by atoms with Crippen LogP contribution in [0.2, 0.25) is 0 Å². The third kappa shape index (κ3) is 3.09. The molecule has 1 N–H and O–H groups in total. The minimum atomic E-state index is -0.201. The standard InChI is InChI=1S/C17H13NO3S2/c1-21-13-8-6-12(7-9-13)18-16(20)15(23-17(18)22)10-11-4-2-3-5-14(11)19/h2-10,19H,1H3/b15-10-. The third-order valence-electron chi connectivity index (χ3n) is 3.35. The maximum atomic E-state index is 12.6. The van der Waals surface area contributed by atoms with Gasteiger partial charge in [-0.15, -0.1) is 0 Å². The van der Waals surface area contributed by atoms with Gasteiger partial charge in [-0.25, -0.2) is 0 Å². The molecule has 0 aromatic heterocycles. The number of thiocarbonyl (C=S) groups is 1. The zero-order valence-corrected chi connectivity index (χ0v) is 13.9. The van der Waals surface area contributed by atoms with E-state index < -0.39 is 0 Å². The van der Waals surface area contributed by atoms with Crippen molar-refractivity contribution in [3.8, 4) is 11.5 Å². The zero-order valence-electron chi connectivity index (χ0n) is 12.2. The van der Waals surface area contributed by atoms with E-state index >= 15 is 0 Å². The van der Waals surface area contributed by atoms with E-state index in [-0.39, 0.29) is 11.7 Å². The summed E-state index contributed by atoms with van der Waals surface area (Å²) in [7, 11) is 1.59. The largest absolute Gasteiger partial charge is 0.507 e. The Labute approximate surface area is 143 Å². The highest BCUT2D eigenvalue weighted by atomic mass is 32.2. The molecule has 0 spiro atoms. The number of anilines is 1. The summed E-state index contributed by atoms with van der Waals surface area (Å²) in [4.78, 5) is 14.6. The fraction of sp³-hybridized carbons (Fsp3) is 0.0588. The minimum Gasteiger partial charge on any atom is -0.507 e. The van der Waals surface area contributed by atoms with Gasteiger partial charge in [-0.05, 0) is 36.4 Å². The number of phenolic OH excluding ortho intramolecular Hbond substituents is 1. The molecule has 0 saturated carbocycles. The summed E-state index contributed by atoms with van der Waals surface area (Å²) < 4.78 is 5.58. The van der Waals surface area contributed by atoms with Crippen molar-refractivity contribution in [1.82, 2.24) is 0 Å². The molecule has 116 valence electrons. The number of nitrogens with zero attached hydrogens (tertiary/aromatic N) is 1. The quantitative estimate of drug-likeness (QED) is 0.678. The predicted octanol–water partition coefficient (Wildman–Crippen LogP) is 3.81. The van der Waals surface area contributed by atoms with Gasteiger partial charge in [-0.3, -0.25) is 9.69 Å². The molecule has 3 rings (SSSR count). The summed E-state index contributed by atoms with van der Waals surface area (Å²) in [5, 5.41) is 9.84. The molecule has 1 heterocycles. The Morgan fingerprint density at radius 3 is 2.52 bits per heavy atom. The number of aromatic hydroxyl groups is 1. The summed E-state index contributed by atoms with van der Waals surface area (Å²) in [6.45, 7) is 0. The van der Waals surface area contributed by atoms with E-state index in [4.69, 9.17) is 17.0 Å². The van der Waals surface area contributed by atoms with E-state index in [1.165, 1.54) is 16.7 Å². The monoisotopic (exact) mass is 343 g/mol. The molecule has 0 unspecified atom stereocenters. The topological polar surface area (TPSA) is 49.8 Å². The SMILES string of the molecule is COc1ccc(N2C(=O)/C(=C/c3ccccc3O)SC2=S)cc1. The average molecular weight is 343 g/mol. The van der Waals surface area contributed by atoms with Crippen molar-refractivity contribution in [1.29, 1.82) is 0 Å². The van der Waals surface area contributed by atoms with E-state index in [0.29, 0.717) is 26.2 Å². The van der Waals surface area contributed by atoms with E-state index in [1.54, 1.807) is 61.7 Å². The maximum Gasteiger partial charge on any atom is 0.270 e. The predicted molar refractivity (Wildman–Crippen MR) is 96.8 cm³/mol. The number of carbonyl (C=O) groups is 1. The Kier molecular flexibility index (Phi) is 4.36. The van der Waals surface area contributed by atoms with Crippen LogP contribution < -0.4 is 9.64 Å². The number of hydrogen-bond donors (Lipinski definition) is 1. The second kappa shape index (κ2) is 6.44. The van der Waals surface area contributed by atoms with Gasteiger partial charge < -0.3 is 9.84 Å². The lowest BCUT2D eigenvalue weighted by Crippen LogP contribution is -2.27. The Bertz CT molecular complexity index is 800. The van der Waals surface area contributed by atoms with Crippen molar-refractivity contribution in [2.45, 2.75) is 0 Å². The molecule has 4 nitrogen and oxygen atoms in total. The lowest BCUT2D eigenvalue weighted by atomic mass is 10.2. The van der Waals surface area contributed by atoms with E-state index in [0.717, 1.165) is 0 Å². The van der Waals surface area contributed by atoms with E-state index in [2.05, 4.69) is 0 Å². The smallest absolute Gasteiger partial charge is 0.270 e. The number of ether oxygens (including phenoxy) is 1. The first-order valence-corrected chi connectivity index (χ1v) is 8.02. The lowest BCUT2D eigenvalue weighted by Gasteiger charge is -2.14. The van der Waals surface area contributed by atoms with Crippen LogP contribution in [-0.4, -0.2) is 22.4 Å². The van der Waals surface area contributed by atoms with Crippen LogP contribution in [0.3, 0.4) is 0 Å². The summed E-state index contributed by atoms with van der Waals surface area (Å²) >= 11 is 6.54. The number of para-hydroxylation sites is 1. The van der Waals surface area contributed by atoms with Gasteiger partial charge >= 0.3 is 0 Å². The number of hydrogen-bond acceptors (Lipinski definition) is 5. The summed E-state index contributed by atoms with van der Waals surface area (Å²) in [6.07, 6.45) is 1.65. The summed E-state index contributed by atoms with van der Waals surface area (Å²) in [5.41, 5.74) is 1.27.